The van der Waals surface area contributed by atoms with Crippen molar-refractivity contribution in [3.63, 3.8) is 0 Å². The third kappa shape index (κ3) is 4.07. The highest BCUT2D eigenvalue weighted by Crippen LogP contribution is 2.33. The van der Waals surface area contributed by atoms with Crippen molar-refractivity contribution in [2.24, 2.45) is 5.92 Å². The van der Waals surface area contributed by atoms with Crippen molar-refractivity contribution in [2.75, 3.05) is 11.9 Å². The first-order chi connectivity index (χ1) is 13.8. The molecular formula is C25H25N3. The standard InChI is InChI=1S/C25H25N3/c26-17-23-22(20-12-6-2-7-13-20)16-24(21-14-8-3-9-15-21)28-25(23)27-18-19-10-4-1-5-11-19/h2-3,6-9,12-16,19H,1,4-5,10-11,18H2,(H,27,28). The zero-order valence-electron chi connectivity index (χ0n) is 16.1. The molecule has 0 amide bonds. The van der Waals surface area contributed by atoms with Gasteiger partial charge in [-0.2, -0.15) is 5.26 Å². The first-order valence-corrected chi connectivity index (χ1v) is 10.1. The normalized spacial score (nSPS) is 14.4. The third-order valence-corrected chi connectivity index (χ3v) is 5.57. The lowest BCUT2D eigenvalue weighted by Gasteiger charge is -2.23. The van der Waals surface area contributed by atoms with Crippen LogP contribution in [0.25, 0.3) is 22.4 Å². The SMILES string of the molecule is N#Cc1c(-c2ccccc2)cc(-c2ccccc2)nc1NCC1CCCCC1. The summed E-state index contributed by atoms with van der Waals surface area (Å²) in [6, 6.07) is 24.7. The van der Waals surface area contributed by atoms with Gasteiger partial charge in [0.25, 0.3) is 0 Å². The Bertz CT molecular complexity index is 952. The van der Waals surface area contributed by atoms with Crippen LogP contribution >= 0.6 is 0 Å². The van der Waals surface area contributed by atoms with Gasteiger partial charge in [-0.25, -0.2) is 4.98 Å². The summed E-state index contributed by atoms with van der Waals surface area (Å²) in [7, 11) is 0. The highest BCUT2D eigenvalue weighted by atomic mass is 15.0. The Hall–Kier alpha value is -3.12. The number of nitrogens with one attached hydrogen (secondary N) is 1. The fraction of sp³-hybridized carbons (Fsp3) is 0.280. The maximum Gasteiger partial charge on any atom is 0.145 e. The summed E-state index contributed by atoms with van der Waals surface area (Å²) in [5.74, 6) is 1.37. The van der Waals surface area contributed by atoms with E-state index in [-0.39, 0.29) is 0 Å². The predicted octanol–water partition coefficient (Wildman–Crippen LogP) is 6.28. The van der Waals surface area contributed by atoms with E-state index < -0.39 is 0 Å². The highest BCUT2D eigenvalue weighted by molar-refractivity contribution is 5.80. The lowest BCUT2D eigenvalue weighted by atomic mass is 9.89. The molecule has 1 aromatic heterocycles. The topological polar surface area (TPSA) is 48.7 Å². The second-order valence-electron chi connectivity index (χ2n) is 7.51. The van der Waals surface area contributed by atoms with E-state index in [9.17, 15) is 5.26 Å². The second kappa shape index (κ2) is 8.71. The number of anilines is 1. The number of benzene rings is 2. The molecule has 0 unspecified atom stereocenters. The van der Waals surface area contributed by atoms with Crippen LogP contribution in [0.1, 0.15) is 37.7 Å². The average Bonchev–Trinajstić information content (AvgIpc) is 2.79. The highest BCUT2D eigenvalue weighted by Gasteiger charge is 2.18. The first-order valence-electron chi connectivity index (χ1n) is 10.1. The van der Waals surface area contributed by atoms with Crippen LogP contribution in [0.15, 0.2) is 66.7 Å². The van der Waals surface area contributed by atoms with E-state index in [1.807, 2.05) is 42.5 Å². The largest absolute Gasteiger partial charge is 0.369 e. The molecule has 1 fully saturated rings. The molecule has 1 aliphatic carbocycles. The molecule has 3 heteroatoms. The van der Waals surface area contributed by atoms with E-state index in [0.29, 0.717) is 17.3 Å². The van der Waals surface area contributed by atoms with Crippen LogP contribution < -0.4 is 5.32 Å². The van der Waals surface area contributed by atoms with Crippen molar-refractivity contribution in [3.05, 3.63) is 72.3 Å². The molecule has 0 saturated heterocycles. The summed E-state index contributed by atoms with van der Waals surface area (Å²) in [6.07, 6.45) is 6.49. The van der Waals surface area contributed by atoms with Gasteiger partial charge in [-0.15, -0.1) is 0 Å². The molecule has 0 spiro atoms. The van der Waals surface area contributed by atoms with Crippen LogP contribution in [-0.4, -0.2) is 11.5 Å². The van der Waals surface area contributed by atoms with Gasteiger partial charge in [0.2, 0.25) is 0 Å². The van der Waals surface area contributed by atoms with Crippen LogP contribution in [-0.2, 0) is 0 Å². The van der Waals surface area contributed by atoms with E-state index in [2.05, 4.69) is 35.7 Å². The monoisotopic (exact) mass is 367 g/mol. The molecule has 140 valence electrons. The van der Waals surface area contributed by atoms with E-state index in [1.165, 1.54) is 32.1 Å². The Morgan fingerprint density at radius 1 is 0.893 bits per heavy atom. The van der Waals surface area contributed by atoms with Gasteiger partial charge in [0, 0.05) is 17.7 Å². The molecule has 1 heterocycles. The lowest BCUT2D eigenvalue weighted by Crippen LogP contribution is -2.18. The average molecular weight is 367 g/mol. The van der Waals surface area contributed by atoms with Gasteiger partial charge >= 0.3 is 0 Å². The summed E-state index contributed by atoms with van der Waals surface area (Å²) in [5, 5.41) is 13.4. The quantitative estimate of drug-likeness (QED) is 0.577. The van der Waals surface area contributed by atoms with Gasteiger partial charge in [-0.1, -0.05) is 79.9 Å². The van der Waals surface area contributed by atoms with Crippen molar-refractivity contribution >= 4 is 5.82 Å². The zero-order chi connectivity index (χ0) is 19.2. The Balaban J connectivity index is 1.75. The fourth-order valence-corrected chi connectivity index (χ4v) is 4.02. The van der Waals surface area contributed by atoms with Crippen LogP contribution in [0, 0.1) is 17.2 Å². The zero-order valence-corrected chi connectivity index (χ0v) is 16.1. The molecule has 0 bridgehead atoms. The molecule has 0 aliphatic heterocycles. The smallest absolute Gasteiger partial charge is 0.145 e. The van der Waals surface area contributed by atoms with Crippen molar-refractivity contribution in [2.45, 2.75) is 32.1 Å². The number of rotatable bonds is 5. The molecule has 2 aromatic carbocycles. The number of pyridine rings is 1. The molecule has 28 heavy (non-hydrogen) atoms. The van der Waals surface area contributed by atoms with Crippen molar-refractivity contribution in [3.8, 4) is 28.5 Å². The van der Waals surface area contributed by atoms with E-state index >= 15 is 0 Å². The number of hydrogen-bond acceptors (Lipinski definition) is 3. The molecule has 4 rings (SSSR count). The fourth-order valence-electron chi connectivity index (χ4n) is 4.02. The maximum atomic E-state index is 9.93. The van der Waals surface area contributed by atoms with E-state index in [4.69, 9.17) is 4.98 Å². The molecule has 3 aromatic rings. The number of aromatic nitrogens is 1. The van der Waals surface area contributed by atoms with Crippen molar-refractivity contribution in [1.29, 1.82) is 5.26 Å². The predicted molar refractivity (Wildman–Crippen MR) is 115 cm³/mol. The lowest BCUT2D eigenvalue weighted by molar-refractivity contribution is 0.373. The van der Waals surface area contributed by atoms with Gasteiger partial charge in [0.1, 0.15) is 17.5 Å². The Kier molecular flexibility index (Phi) is 5.68. The first kappa shape index (κ1) is 18.3. The number of nitriles is 1. The van der Waals surface area contributed by atoms with E-state index in [0.717, 1.165) is 28.9 Å². The minimum Gasteiger partial charge on any atom is -0.369 e. The van der Waals surface area contributed by atoms with Gasteiger partial charge in [0.05, 0.1) is 5.69 Å². The molecule has 0 atom stereocenters. The summed E-state index contributed by atoms with van der Waals surface area (Å²) < 4.78 is 0. The molecule has 3 nitrogen and oxygen atoms in total. The Morgan fingerprint density at radius 3 is 2.18 bits per heavy atom. The van der Waals surface area contributed by atoms with Gasteiger partial charge < -0.3 is 5.32 Å². The second-order valence-corrected chi connectivity index (χ2v) is 7.51. The van der Waals surface area contributed by atoms with Crippen molar-refractivity contribution < 1.29 is 0 Å². The molecule has 1 aliphatic rings. The van der Waals surface area contributed by atoms with Gasteiger partial charge in [-0.05, 0) is 30.4 Å². The number of nitrogens with zero attached hydrogens (tertiary/aromatic N) is 2. The maximum absolute atomic E-state index is 9.93. The van der Waals surface area contributed by atoms with Crippen LogP contribution in [0.2, 0.25) is 0 Å². The minimum atomic E-state index is 0.627. The van der Waals surface area contributed by atoms with Crippen LogP contribution in [0.5, 0.6) is 0 Å². The van der Waals surface area contributed by atoms with Gasteiger partial charge in [0.15, 0.2) is 0 Å². The van der Waals surface area contributed by atoms with Crippen molar-refractivity contribution in [1.82, 2.24) is 4.98 Å². The number of hydrogen-bond donors (Lipinski definition) is 1. The minimum absolute atomic E-state index is 0.627. The molecule has 0 radical (unpaired) electrons. The van der Waals surface area contributed by atoms with Crippen LogP contribution in [0.3, 0.4) is 0 Å². The third-order valence-electron chi connectivity index (χ3n) is 5.57. The molecule has 1 saturated carbocycles. The summed E-state index contributed by atoms with van der Waals surface area (Å²) in [5.41, 5.74) is 4.55. The summed E-state index contributed by atoms with van der Waals surface area (Å²) in [6.45, 7) is 0.883. The van der Waals surface area contributed by atoms with Gasteiger partial charge in [-0.3, -0.25) is 0 Å². The van der Waals surface area contributed by atoms with Crippen LogP contribution in [0.4, 0.5) is 5.82 Å². The Labute approximate surface area is 167 Å². The Morgan fingerprint density at radius 2 is 1.54 bits per heavy atom. The summed E-state index contributed by atoms with van der Waals surface area (Å²) in [4.78, 5) is 4.85. The molecule has 1 N–H and O–H groups in total. The van der Waals surface area contributed by atoms with E-state index in [1.54, 1.807) is 0 Å². The molecular weight excluding hydrogens is 342 g/mol. The summed E-state index contributed by atoms with van der Waals surface area (Å²) >= 11 is 0.